The fourth-order valence-electron chi connectivity index (χ4n) is 5.07. The van der Waals surface area contributed by atoms with Gasteiger partial charge in [0.2, 0.25) is 0 Å². The van der Waals surface area contributed by atoms with Gasteiger partial charge in [0.15, 0.2) is 5.82 Å². The number of benzene rings is 1. The first-order chi connectivity index (χ1) is 18.2. The van der Waals surface area contributed by atoms with Crippen molar-refractivity contribution in [3.05, 3.63) is 93.3 Å². The quantitative estimate of drug-likeness (QED) is 0.512. The van der Waals surface area contributed by atoms with Crippen molar-refractivity contribution in [1.82, 2.24) is 19.1 Å². The lowest BCUT2D eigenvalue weighted by Gasteiger charge is -2.30. The predicted molar refractivity (Wildman–Crippen MR) is 143 cm³/mol. The third-order valence-electron chi connectivity index (χ3n) is 6.71. The van der Waals surface area contributed by atoms with Gasteiger partial charge in [-0.25, -0.2) is 4.39 Å². The highest BCUT2D eigenvalue weighted by Crippen LogP contribution is 2.35. The molecule has 1 aliphatic heterocycles. The van der Waals surface area contributed by atoms with Crippen LogP contribution < -0.4 is 15.0 Å². The lowest BCUT2D eigenvalue weighted by Crippen LogP contribution is -2.41. The smallest absolute Gasteiger partial charge is 0.303 e. The molecule has 38 heavy (non-hydrogen) atoms. The Labute approximate surface area is 220 Å². The van der Waals surface area contributed by atoms with Gasteiger partial charge in [-0.15, -0.1) is 5.10 Å². The molecule has 1 atom stereocenters. The number of hydrogen-bond acceptors (Lipinski definition) is 6. The Morgan fingerprint density at radius 2 is 2.03 bits per heavy atom. The zero-order chi connectivity index (χ0) is 27.0. The van der Waals surface area contributed by atoms with Gasteiger partial charge in [0.05, 0.1) is 12.8 Å². The minimum absolute atomic E-state index is 0.0307. The van der Waals surface area contributed by atoms with Crippen molar-refractivity contribution in [1.29, 1.82) is 0 Å². The van der Waals surface area contributed by atoms with E-state index in [9.17, 15) is 13.2 Å². The van der Waals surface area contributed by atoms with Gasteiger partial charge >= 0.3 is 10.2 Å². The predicted octanol–water partition coefficient (Wildman–Crippen LogP) is 3.86. The highest BCUT2D eigenvalue weighted by molar-refractivity contribution is 7.90. The SMILES string of the molecule is COc1cc(C2=CC(C)CC(C)=C2)c(F)cc1-n1c2c(ccc1=O)CN(S(=O)(=O)Nc1cccnn1)CC2. The van der Waals surface area contributed by atoms with Gasteiger partial charge in [0.1, 0.15) is 11.6 Å². The third kappa shape index (κ3) is 4.99. The van der Waals surface area contributed by atoms with E-state index >= 15 is 4.39 Å². The molecule has 3 aromatic rings. The van der Waals surface area contributed by atoms with Gasteiger partial charge in [-0.05, 0) is 48.6 Å². The average Bonchev–Trinajstić information content (AvgIpc) is 2.88. The Kier molecular flexibility index (Phi) is 6.89. The molecule has 2 aliphatic rings. The second kappa shape index (κ2) is 10.1. The van der Waals surface area contributed by atoms with Crippen LogP contribution in [0.15, 0.2) is 65.1 Å². The van der Waals surface area contributed by atoms with Crippen LogP contribution in [0.4, 0.5) is 10.2 Å². The van der Waals surface area contributed by atoms with E-state index in [1.165, 1.54) is 46.0 Å². The molecule has 3 heterocycles. The molecule has 0 fully saturated rings. The van der Waals surface area contributed by atoms with Gasteiger partial charge in [-0.1, -0.05) is 30.7 Å². The summed E-state index contributed by atoms with van der Waals surface area (Å²) in [6.07, 6.45) is 6.61. The molecule has 0 bridgehead atoms. The summed E-state index contributed by atoms with van der Waals surface area (Å²) in [5.41, 5.74) is 3.51. The first-order valence-electron chi connectivity index (χ1n) is 12.2. The van der Waals surface area contributed by atoms with Crippen molar-refractivity contribution in [2.45, 2.75) is 33.2 Å². The number of ether oxygens (including phenoxy) is 1. The minimum atomic E-state index is -3.92. The number of methoxy groups -OCH3 is 1. The zero-order valence-electron chi connectivity index (χ0n) is 21.3. The van der Waals surface area contributed by atoms with Crippen LogP contribution in [0.1, 0.15) is 37.1 Å². The van der Waals surface area contributed by atoms with E-state index < -0.39 is 16.0 Å². The Hall–Kier alpha value is -3.83. The van der Waals surface area contributed by atoms with Crippen molar-refractivity contribution in [2.75, 3.05) is 18.4 Å². The maximum absolute atomic E-state index is 15.5. The van der Waals surface area contributed by atoms with Crippen molar-refractivity contribution < 1.29 is 17.5 Å². The van der Waals surface area contributed by atoms with Crippen LogP contribution >= 0.6 is 0 Å². The molecule has 1 aromatic carbocycles. The average molecular weight is 538 g/mol. The van der Waals surface area contributed by atoms with E-state index in [1.54, 1.807) is 18.2 Å². The fourth-order valence-corrected chi connectivity index (χ4v) is 6.22. The summed E-state index contributed by atoms with van der Waals surface area (Å²) in [6, 6.07) is 8.98. The monoisotopic (exact) mass is 537 g/mol. The summed E-state index contributed by atoms with van der Waals surface area (Å²) in [5.74, 6) is 0.270. The Bertz CT molecular complexity index is 1620. The summed E-state index contributed by atoms with van der Waals surface area (Å²) in [4.78, 5) is 13.1. The number of aromatic nitrogens is 3. The molecule has 1 N–H and O–H groups in total. The number of anilines is 1. The summed E-state index contributed by atoms with van der Waals surface area (Å²) < 4.78 is 52.2. The van der Waals surface area contributed by atoms with E-state index in [0.717, 1.165) is 12.0 Å². The van der Waals surface area contributed by atoms with Crippen molar-refractivity contribution >= 4 is 21.6 Å². The van der Waals surface area contributed by atoms with E-state index in [1.807, 2.05) is 19.1 Å². The lowest BCUT2D eigenvalue weighted by atomic mass is 9.89. The van der Waals surface area contributed by atoms with Crippen molar-refractivity contribution in [3.8, 4) is 11.4 Å². The van der Waals surface area contributed by atoms with E-state index in [4.69, 9.17) is 4.74 Å². The summed E-state index contributed by atoms with van der Waals surface area (Å²) in [6.45, 7) is 4.25. The molecular weight excluding hydrogens is 509 g/mol. The normalized spacial score (nSPS) is 17.8. The third-order valence-corrected chi connectivity index (χ3v) is 8.17. The van der Waals surface area contributed by atoms with Crippen LogP contribution in [0.25, 0.3) is 11.3 Å². The molecule has 0 saturated heterocycles. The molecule has 1 aliphatic carbocycles. The Morgan fingerprint density at radius 3 is 2.74 bits per heavy atom. The van der Waals surface area contributed by atoms with Gasteiger partial charge in [-0.3, -0.25) is 14.1 Å². The van der Waals surface area contributed by atoms with Crippen LogP contribution in [0.2, 0.25) is 0 Å². The maximum atomic E-state index is 15.5. The highest BCUT2D eigenvalue weighted by Gasteiger charge is 2.30. The Balaban J connectivity index is 1.52. The van der Waals surface area contributed by atoms with E-state index in [-0.39, 0.29) is 42.5 Å². The summed E-state index contributed by atoms with van der Waals surface area (Å²) in [5, 5.41) is 7.46. The highest BCUT2D eigenvalue weighted by atomic mass is 32.2. The number of rotatable bonds is 6. The molecule has 1 unspecified atom stereocenters. The number of hydrogen-bond donors (Lipinski definition) is 1. The molecule has 2 aromatic heterocycles. The number of nitrogens with zero attached hydrogens (tertiary/aromatic N) is 4. The topological polar surface area (TPSA) is 106 Å². The minimum Gasteiger partial charge on any atom is -0.495 e. The molecular formula is C27H28FN5O4S. The number of fused-ring (bicyclic) bond motifs is 1. The molecule has 0 saturated carbocycles. The van der Waals surface area contributed by atoms with Crippen LogP contribution in [0, 0.1) is 11.7 Å². The van der Waals surface area contributed by atoms with E-state index in [2.05, 4.69) is 21.8 Å². The first-order valence-corrected chi connectivity index (χ1v) is 13.7. The van der Waals surface area contributed by atoms with Crippen LogP contribution in [-0.4, -0.2) is 41.1 Å². The second-order valence-electron chi connectivity index (χ2n) is 9.58. The van der Waals surface area contributed by atoms with Crippen molar-refractivity contribution in [3.63, 3.8) is 0 Å². The van der Waals surface area contributed by atoms with Crippen LogP contribution in [0.5, 0.6) is 5.75 Å². The molecule has 198 valence electrons. The molecule has 0 radical (unpaired) electrons. The fraction of sp³-hybridized carbons (Fsp3) is 0.296. The summed E-state index contributed by atoms with van der Waals surface area (Å²) in [7, 11) is -2.44. The second-order valence-corrected chi connectivity index (χ2v) is 11.2. The standard InChI is InChI=1S/C27H28FN5O4S/c1-17-11-18(2)13-20(12-17)21-14-25(37-3)24(15-22(21)28)33-23-8-10-32(16-19(23)6-7-27(33)34)38(35,36)31-26-5-4-9-29-30-26/h4-7,9,12-15,17H,8,10-11,16H2,1-3H3,(H,30,31). The maximum Gasteiger partial charge on any atom is 0.303 e. The van der Waals surface area contributed by atoms with Gasteiger partial charge < -0.3 is 4.74 Å². The van der Waals surface area contributed by atoms with Gasteiger partial charge in [0, 0.05) is 49.1 Å². The largest absolute Gasteiger partial charge is 0.495 e. The van der Waals surface area contributed by atoms with Crippen LogP contribution in [-0.2, 0) is 23.2 Å². The van der Waals surface area contributed by atoms with Crippen molar-refractivity contribution in [2.24, 2.45) is 5.92 Å². The molecule has 5 rings (SSSR count). The zero-order valence-corrected chi connectivity index (χ0v) is 22.1. The first kappa shape index (κ1) is 25.8. The summed E-state index contributed by atoms with van der Waals surface area (Å²) >= 11 is 0. The van der Waals surface area contributed by atoms with Gasteiger partial charge in [-0.2, -0.15) is 17.8 Å². The number of allylic oxidation sites excluding steroid dienone is 4. The number of halogens is 1. The van der Waals surface area contributed by atoms with Crippen LogP contribution in [0.3, 0.4) is 0 Å². The Morgan fingerprint density at radius 1 is 1.21 bits per heavy atom. The number of nitrogens with one attached hydrogen (secondary N) is 1. The molecule has 0 amide bonds. The molecule has 11 heteroatoms. The lowest BCUT2D eigenvalue weighted by molar-refractivity contribution is 0.385. The molecule has 0 spiro atoms. The van der Waals surface area contributed by atoms with E-state index in [0.29, 0.717) is 22.6 Å². The molecule has 9 nitrogen and oxygen atoms in total. The number of pyridine rings is 1. The van der Waals surface area contributed by atoms with Gasteiger partial charge in [0.25, 0.3) is 5.56 Å².